The maximum atomic E-state index is 11.7. The molecule has 0 spiro atoms. The molecule has 0 saturated heterocycles. The minimum atomic E-state index is -0.706. The molecule has 0 unspecified atom stereocenters. The molecule has 8 heteroatoms. The summed E-state index contributed by atoms with van der Waals surface area (Å²) in [6.45, 7) is 3.64. The Morgan fingerprint density at radius 1 is 1.43 bits per heavy atom. The summed E-state index contributed by atoms with van der Waals surface area (Å²) in [6.07, 6.45) is -0.699. The third-order valence-electron chi connectivity index (χ3n) is 2.53. The van der Waals surface area contributed by atoms with Crippen molar-refractivity contribution in [1.29, 1.82) is 0 Å². The lowest BCUT2D eigenvalue weighted by Gasteiger charge is -2.05. The highest BCUT2D eigenvalue weighted by Crippen LogP contribution is 2.25. The minimum Gasteiger partial charge on any atom is -0.449 e. The molecular weight excluding hydrogens is 294 g/mol. The van der Waals surface area contributed by atoms with E-state index in [0.717, 1.165) is 4.88 Å². The van der Waals surface area contributed by atoms with Gasteiger partial charge in [0.15, 0.2) is 0 Å². The van der Waals surface area contributed by atoms with Crippen molar-refractivity contribution in [2.24, 2.45) is 0 Å². The van der Waals surface area contributed by atoms with Gasteiger partial charge in [-0.05, 0) is 25.3 Å². The third kappa shape index (κ3) is 4.06. The van der Waals surface area contributed by atoms with E-state index in [1.54, 1.807) is 13.8 Å². The molecule has 7 nitrogen and oxygen atoms in total. The van der Waals surface area contributed by atoms with Crippen molar-refractivity contribution in [3.63, 3.8) is 0 Å². The van der Waals surface area contributed by atoms with Gasteiger partial charge in [-0.25, -0.2) is 15.2 Å². The molecule has 0 saturated carbocycles. The Hall–Kier alpha value is -2.35. The zero-order chi connectivity index (χ0) is 15.2. The van der Waals surface area contributed by atoms with Crippen molar-refractivity contribution < 1.29 is 18.7 Å². The number of ether oxygens (including phenoxy) is 1. The van der Waals surface area contributed by atoms with Crippen LogP contribution in [0.1, 0.15) is 18.4 Å². The first-order valence-electron chi connectivity index (χ1n) is 6.32. The van der Waals surface area contributed by atoms with Crippen LogP contribution in [-0.2, 0) is 16.0 Å². The van der Waals surface area contributed by atoms with Gasteiger partial charge < -0.3 is 9.15 Å². The summed E-state index contributed by atoms with van der Waals surface area (Å²) < 4.78 is 10.2. The number of nitrogens with zero attached hydrogens (tertiary/aromatic N) is 1. The Morgan fingerprint density at radius 3 is 2.90 bits per heavy atom. The average molecular weight is 309 g/mol. The van der Waals surface area contributed by atoms with Crippen LogP contribution in [0.15, 0.2) is 21.9 Å². The van der Waals surface area contributed by atoms with E-state index in [1.165, 1.54) is 11.3 Å². The van der Waals surface area contributed by atoms with E-state index in [1.807, 2.05) is 17.5 Å². The molecule has 0 atom stereocenters. The van der Waals surface area contributed by atoms with E-state index in [4.69, 9.17) is 4.42 Å². The van der Waals surface area contributed by atoms with Crippen molar-refractivity contribution >= 4 is 23.3 Å². The first-order chi connectivity index (χ1) is 10.1. The van der Waals surface area contributed by atoms with Gasteiger partial charge in [0.1, 0.15) is 5.76 Å². The Kier molecular flexibility index (Phi) is 4.94. The summed E-state index contributed by atoms with van der Waals surface area (Å²) in [5, 5.41) is 1.92. The number of aryl methyl sites for hydroxylation is 1. The fourth-order valence-corrected chi connectivity index (χ4v) is 2.23. The Labute approximate surface area is 125 Å². The molecule has 2 aromatic heterocycles. The Morgan fingerprint density at radius 2 is 2.24 bits per heavy atom. The van der Waals surface area contributed by atoms with Gasteiger partial charge in [-0.3, -0.25) is 10.2 Å². The average Bonchev–Trinajstić information content (AvgIpc) is 3.07. The van der Waals surface area contributed by atoms with Crippen LogP contribution in [0.2, 0.25) is 0 Å². The SMILES string of the molecule is CCOC(=O)NNC(=O)Cc1nc(-c2cccs2)oc1C. The molecule has 2 N–H and O–H groups in total. The van der Waals surface area contributed by atoms with Crippen molar-refractivity contribution in [1.82, 2.24) is 15.8 Å². The highest BCUT2D eigenvalue weighted by Gasteiger charge is 2.15. The Bertz CT molecular complexity index is 621. The smallest absolute Gasteiger partial charge is 0.426 e. The second-order valence-electron chi connectivity index (χ2n) is 4.07. The number of amides is 2. The molecule has 2 aromatic rings. The van der Waals surface area contributed by atoms with Crippen LogP contribution in [0, 0.1) is 6.92 Å². The molecule has 2 heterocycles. The van der Waals surface area contributed by atoms with Crippen LogP contribution in [0.3, 0.4) is 0 Å². The lowest BCUT2D eigenvalue weighted by Crippen LogP contribution is -2.42. The lowest BCUT2D eigenvalue weighted by molar-refractivity contribution is -0.121. The number of carbonyl (C=O) groups is 2. The highest BCUT2D eigenvalue weighted by molar-refractivity contribution is 7.13. The molecule has 21 heavy (non-hydrogen) atoms. The highest BCUT2D eigenvalue weighted by atomic mass is 32.1. The van der Waals surface area contributed by atoms with Crippen LogP contribution in [0.25, 0.3) is 10.8 Å². The number of hydrogen-bond acceptors (Lipinski definition) is 6. The quantitative estimate of drug-likeness (QED) is 0.843. The molecule has 2 rings (SSSR count). The van der Waals surface area contributed by atoms with Crippen LogP contribution >= 0.6 is 11.3 Å². The first-order valence-corrected chi connectivity index (χ1v) is 7.20. The van der Waals surface area contributed by atoms with E-state index in [-0.39, 0.29) is 13.0 Å². The van der Waals surface area contributed by atoms with Gasteiger partial charge >= 0.3 is 6.09 Å². The molecule has 112 valence electrons. The summed E-state index contributed by atoms with van der Waals surface area (Å²) in [7, 11) is 0. The minimum absolute atomic E-state index is 0.00706. The van der Waals surface area contributed by atoms with Gasteiger partial charge in [-0.15, -0.1) is 11.3 Å². The second-order valence-corrected chi connectivity index (χ2v) is 5.02. The predicted octanol–water partition coefficient (Wildman–Crippen LogP) is 2.03. The van der Waals surface area contributed by atoms with Crippen molar-refractivity contribution in [3.8, 4) is 10.8 Å². The molecule has 0 aliphatic rings. The number of oxazole rings is 1. The van der Waals surface area contributed by atoms with E-state index < -0.39 is 12.0 Å². The normalized spacial score (nSPS) is 10.2. The fourth-order valence-electron chi connectivity index (χ4n) is 1.58. The van der Waals surface area contributed by atoms with Crippen LogP contribution in [0.4, 0.5) is 4.79 Å². The van der Waals surface area contributed by atoms with E-state index in [2.05, 4.69) is 20.6 Å². The van der Waals surface area contributed by atoms with Gasteiger partial charge in [0.25, 0.3) is 0 Å². The van der Waals surface area contributed by atoms with Gasteiger partial charge in [0, 0.05) is 0 Å². The van der Waals surface area contributed by atoms with Gasteiger partial charge in [-0.1, -0.05) is 6.07 Å². The number of hydrogen-bond donors (Lipinski definition) is 2. The van der Waals surface area contributed by atoms with Crippen molar-refractivity contribution in [3.05, 3.63) is 29.0 Å². The van der Waals surface area contributed by atoms with E-state index in [0.29, 0.717) is 17.3 Å². The number of rotatable bonds is 4. The monoisotopic (exact) mass is 309 g/mol. The van der Waals surface area contributed by atoms with Crippen LogP contribution < -0.4 is 10.9 Å². The van der Waals surface area contributed by atoms with Crippen molar-refractivity contribution in [2.45, 2.75) is 20.3 Å². The summed E-state index contributed by atoms with van der Waals surface area (Å²) in [5.41, 5.74) is 4.91. The number of carbonyl (C=O) groups excluding carboxylic acids is 2. The molecule has 0 aliphatic carbocycles. The molecule has 0 fully saturated rings. The third-order valence-corrected chi connectivity index (χ3v) is 3.39. The Balaban J connectivity index is 1.94. The zero-order valence-electron chi connectivity index (χ0n) is 11.6. The molecule has 0 aliphatic heterocycles. The van der Waals surface area contributed by atoms with Gasteiger partial charge in [0.2, 0.25) is 11.8 Å². The number of nitrogens with one attached hydrogen (secondary N) is 2. The number of aromatic nitrogens is 1. The van der Waals surface area contributed by atoms with Crippen molar-refractivity contribution in [2.75, 3.05) is 6.61 Å². The van der Waals surface area contributed by atoms with Gasteiger partial charge in [0.05, 0.1) is 23.6 Å². The first kappa shape index (κ1) is 15.0. The summed E-state index contributed by atoms with van der Waals surface area (Å²) >= 11 is 1.51. The molecule has 2 amide bonds. The molecular formula is C13H15N3O4S. The van der Waals surface area contributed by atoms with Crippen LogP contribution in [-0.4, -0.2) is 23.6 Å². The summed E-state index contributed by atoms with van der Waals surface area (Å²) in [4.78, 5) is 27.9. The van der Waals surface area contributed by atoms with E-state index >= 15 is 0 Å². The standard InChI is InChI=1S/C13H15N3O4S/c1-3-19-13(18)16-15-11(17)7-9-8(2)20-12(14-9)10-5-4-6-21-10/h4-6H,3,7H2,1-2H3,(H,15,17)(H,16,18). The number of thiophene rings is 1. The number of hydrazine groups is 1. The molecule has 0 radical (unpaired) electrons. The maximum absolute atomic E-state index is 11.7. The molecule has 0 aromatic carbocycles. The summed E-state index contributed by atoms with van der Waals surface area (Å²) in [5.74, 6) is 0.658. The second kappa shape index (κ2) is 6.89. The predicted molar refractivity (Wildman–Crippen MR) is 76.6 cm³/mol. The maximum Gasteiger partial charge on any atom is 0.426 e. The van der Waals surface area contributed by atoms with Gasteiger partial charge in [-0.2, -0.15) is 0 Å². The van der Waals surface area contributed by atoms with E-state index in [9.17, 15) is 9.59 Å². The fraction of sp³-hybridized carbons (Fsp3) is 0.308. The van der Waals surface area contributed by atoms with Crippen LogP contribution in [0.5, 0.6) is 0 Å². The largest absolute Gasteiger partial charge is 0.449 e. The zero-order valence-corrected chi connectivity index (χ0v) is 12.5. The topological polar surface area (TPSA) is 93.5 Å². The summed E-state index contributed by atoms with van der Waals surface area (Å²) in [6, 6.07) is 3.79. The lowest BCUT2D eigenvalue weighted by atomic mass is 10.2. The molecule has 0 bridgehead atoms.